The minimum Gasteiger partial charge on any atom is -0.351 e. The Kier molecular flexibility index (Phi) is 5.94. The average Bonchev–Trinajstić information content (AvgIpc) is 2.48. The number of benzene rings is 1. The Balaban J connectivity index is 2.02. The lowest BCUT2D eigenvalue weighted by Crippen LogP contribution is -2.40. The van der Waals surface area contributed by atoms with Crippen LogP contribution in [0.4, 0.5) is 0 Å². The van der Waals surface area contributed by atoms with Crippen LogP contribution in [0.3, 0.4) is 0 Å². The van der Waals surface area contributed by atoms with Crippen molar-refractivity contribution in [3.8, 4) is 0 Å². The van der Waals surface area contributed by atoms with Gasteiger partial charge >= 0.3 is 0 Å². The standard InChI is InChI=1S/C15H18Br2ClNO/c16-9-15(6-2-1-3-7-15)10-19-14(20)12-8-11(18)4-5-13(12)17/h4-5,8H,1-3,6-7,9-10H2,(H,19,20). The Labute approximate surface area is 141 Å². The molecule has 1 aliphatic rings. The molecule has 1 saturated carbocycles. The second-order valence-corrected chi connectivity index (χ2v) is 7.35. The van der Waals surface area contributed by atoms with Crippen molar-refractivity contribution >= 4 is 49.4 Å². The molecule has 20 heavy (non-hydrogen) atoms. The summed E-state index contributed by atoms with van der Waals surface area (Å²) in [4.78, 5) is 12.3. The van der Waals surface area contributed by atoms with Crippen molar-refractivity contribution in [2.24, 2.45) is 5.41 Å². The summed E-state index contributed by atoms with van der Waals surface area (Å²) >= 11 is 13.0. The lowest BCUT2D eigenvalue weighted by molar-refractivity contribution is 0.0921. The predicted molar refractivity (Wildman–Crippen MR) is 90.8 cm³/mol. The van der Waals surface area contributed by atoms with E-state index in [0.29, 0.717) is 10.6 Å². The minimum absolute atomic E-state index is 0.0646. The lowest BCUT2D eigenvalue weighted by atomic mass is 9.75. The monoisotopic (exact) mass is 421 g/mol. The predicted octanol–water partition coefficient (Wildman–Crippen LogP) is 5.18. The van der Waals surface area contributed by atoms with E-state index in [1.54, 1.807) is 18.2 Å². The van der Waals surface area contributed by atoms with Crippen LogP contribution >= 0.6 is 43.5 Å². The maximum Gasteiger partial charge on any atom is 0.252 e. The van der Waals surface area contributed by atoms with Crippen molar-refractivity contribution in [2.45, 2.75) is 32.1 Å². The van der Waals surface area contributed by atoms with E-state index in [0.717, 1.165) is 16.3 Å². The second-order valence-electron chi connectivity index (χ2n) is 5.50. The first-order valence-electron chi connectivity index (χ1n) is 6.86. The Morgan fingerprint density at radius 2 is 2.00 bits per heavy atom. The van der Waals surface area contributed by atoms with Crippen LogP contribution in [-0.2, 0) is 0 Å². The summed E-state index contributed by atoms with van der Waals surface area (Å²) in [5.41, 5.74) is 0.803. The van der Waals surface area contributed by atoms with E-state index in [9.17, 15) is 4.79 Å². The highest BCUT2D eigenvalue weighted by Gasteiger charge is 2.31. The van der Waals surface area contributed by atoms with E-state index in [2.05, 4.69) is 37.2 Å². The molecule has 1 aromatic rings. The summed E-state index contributed by atoms with van der Waals surface area (Å²) in [5, 5.41) is 4.59. The van der Waals surface area contributed by atoms with Gasteiger partial charge in [-0.2, -0.15) is 0 Å². The SMILES string of the molecule is O=C(NCC1(CBr)CCCCC1)c1cc(Cl)ccc1Br. The van der Waals surface area contributed by atoms with E-state index in [1.807, 2.05) is 0 Å². The highest BCUT2D eigenvalue weighted by Crippen LogP contribution is 2.37. The van der Waals surface area contributed by atoms with Crippen LogP contribution in [0.25, 0.3) is 0 Å². The third-order valence-electron chi connectivity index (χ3n) is 3.99. The Morgan fingerprint density at radius 1 is 1.30 bits per heavy atom. The second kappa shape index (κ2) is 7.28. The van der Waals surface area contributed by atoms with Gasteiger partial charge in [0, 0.05) is 21.4 Å². The normalized spacial score (nSPS) is 17.8. The number of carbonyl (C=O) groups excluding carboxylic acids is 1. The van der Waals surface area contributed by atoms with Crippen molar-refractivity contribution in [2.75, 3.05) is 11.9 Å². The van der Waals surface area contributed by atoms with Gasteiger partial charge in [-0.05, 0) is 52.4 Å². The van der Waals surface area contributed by atoms with Gasteiger partial charge in [-0.15, -0.1) is 0 Å². The highest BCUT2D eigenvalue weighted by molar-refractivity contribution is 9.10. The zero-order valence-corrected chi connectivity index (χ0v) is 15.2. The van der Waals surface area contributed by atoms with Crippen LogP contribution in [0.5, 0.6) is 0 Å². The maximum absolute atomic E-state index is 12.3. The molecule has 0 atom stereocenters. The summed E-state index contributed by atoms with van der Waals surface area (Å²) in [7, 11) is 0. The Morgan fingerprint density at radius 3 is 2.65 bits per heavy atom. The first kappa shape index (κ1) is 16.3. The summed E-state index contributed by atoms with van der Waals surface area (Å²) < 4.78 is 0.774. The molecule has 2 nitrogen and oxygen atoms in total. The molecule has 0 aliphatic heterocycles. The van der Waals surface area contributed by atoms with E-state index in [-0.39, 0.29) is 11.3 Å². The molecule has 0 unspecified atom stereocenters. The van der Waals surface area contributed by atoms with Gasteiger partial charge in [0.1, 0.15) is 0 Å². The van der Waals surface area contributed by atoms with Crippen LogP contribution < -0.4 is 5.32 Å². The molecule has 0 aromatic heterocycles. The van der Waals surface area contributed by atoms with Crippen molar-refractivity contribution in [3.05, 3.63) is 33.3 Å². The topological polar surface area (TPSA) is 29.1 Å². The fourth-order valence-corrected chi connectivity index (χ4v) is 4.05. The van der Waals surface area contributed by atoms with E-state index in [4.69, 9.17) is 11.6 Å². The molecule has 1 aromatic carbocycles. The molecule has 0 heterocycles. The number of carbonyl (C=O) groups is 1. The number of alkyl halides is 1. The van der Waals surface area contributed by atoms with Crippen LogP contribution in [-0.4, -0.2) is 17.8 Å². The maximum atomic E-state index is 12.3. The molecule has 1 N–H and O–H groups in total. The highest BCUT2D eigenvalue weighted by atomic mass is 79.9. The first-order chi connectivity index (χ1) is 9.56. The molecule has 1 fully saturated rings. The number of amides is 1. The molecule has 1 aliphatic carbocycles. The fraction of sp³-hybridized carbons (Fsp3) is 0.533. The molecule has 0 spiro atoms. The number of nitrogens with one attached hydrogen (secondary N) is 1. The van der Waals surface area contributed by atoms with Crippen molar-refractivity contribution in [1.29, 1.82) is 0 Å². The quantitative estimate of drug-likeness (QED) is 0.665. The molecule has 5 heteroatoms. The Hall–Kier alpha value is -0.0600. The fourth-order valence-electron chi connectivity index (χ4n) is 2.69. The lowest BCUT2D eigenvalue weighted by Gasteiger charge is -2.35. The van der Waals surface area contributed by atoms with Crippen LogP contribution in [0, 0.1) is 5.41 Å². The van der Waals surface area contributed by atoms with Gasteiger partial charge in [-0.3, -0.25) is 4.79 Å². The smallest absolute Gasteiger partial charge is 0.252 e. The zero-order valence-electron chi connectivity index (χ0n) is 11.2. The number of rotatable bonds is 4. The molecule has 1 amide bonds. The van der Waals surface area contributed by atoms with Gasteiger partial charge in [0.25, 0.3) is 5.91 Å². The summed E-state index contributed by atoms with van der Waals surface area (Å²) in [6, 6.07) is 5.27. The zero-order chi connectivity index (χ0) is 14.6. The summed E-state index contributed by atoms with van der Waals surface area (Å²) in [6.45, 7) is 0.718. The molecule has 2 rings (SSSR count). The molecule has 0 radical (unpaired) electrons. The van der Waals surface area contributed by atoms with E-state index >= 15 is 0 Å². The minimum atomic E-state index is -0.0646. The van der Waals surface area contributed by atoms with Gasteiger partial charge < -0.3 is 5.32 Å². The number of halogens is 3. The largest absolute Gasteiger partial charge is 0.351 e. The van der Waals surface area contributed by atoms with Crippen molar-refractivity contribution < 1.29 is 4.79 Å². The van der Waals surface area contributed by atoms with Gasteiger partial charge in [-0.1, -0.05) is 46.8 Å². The molecule has 0 bridgehead atoms. The molecule has 110 valence electrons. The van der Waals surface area contributed by atoms with Gasteiger partial charge in [0.05, 0.1) is 5.56 Å². The van der Waals surface area contributed by atoms with E-state index < -0.39 is 0 Å². The Bertz CT molecular complexity index is 487. The number of hydrogen-bond donors (Lipinski definition) is 1. The van der Waals surface area contributed by atoms with Crippen LogP contribution in [0.15, 0.2) is 22.7 Å². The average molecular weight is 424 g/mol. The van der Waals surface area contributed by atoms with Crippen LogP contribution in [0.2, 0.25) is 5.02 Å². The number of hydrogen-bond acceptors (Lipinski definition) is 1. The summed E-state index contributed by atoms with van der Waals surface area (Å²) in [5.74, 6) is -0.0646. The third-order valence-corrected chi connectivity index (χ3v) is 6.11. The first-order valence-corrected chi connectivity index (χ1v) is 9.15. The molecular formula is C15H18Br2ClNO. The molecular weight excluding hydrogens is 405 g/mol. The van der Waals surface area contributed by atoms with Gasteiger partial charge in [0.2, 0.25) is 0 Å². The van der Waals surface area contributed by atoms with Crippen molar-refractivity contribution in [3.63, 3.8) is 0 Å². The van der Waals surface area contributed by atoms with Gasteiger partial charge in [0.15, 0.2) is 0 Å². The van der Waals surface area contributed by atoms with Crippen molar-refractivity contribution in [1.82, 2.24) is 5.32 Å². The van der Waals surface area contributed by atoms with Crippen LogP contribution in [0.1, 0.15) is 42.5 Å². The third kappa shape index (κ3) is 3.99. The van der Waals surface area contributed by atoms with Gasteiger partial charge in [-0.25, -0.2) is 0 Å². The summed E-state index contributed by atoms with van der Waals surface area (Å²) in [6.07, 6.45) is 6.16. The van der Waals surface area contributed by atoms with E-state index in [1.165, 1.54) is 32.1 Å². The molecule has 0 saturated heterocycles.